The van der Waals surface area contributed by atoms with Gasteiger partial charge in [0.1, 0.15) is 15.2 Å². The van der Waals surface area contributed by atoms with Crippen LogP contribution in [0.1, 0.15) is 30.6 Å². The average Bonchev–Trinajstić information content (AvgIpc) is 3.19. The molecule has 0 bridgehead atoms. The lowest BCUT2D eigenvalue weighted by atomic mass is 9.89. The van der Waals surface area contributed by atoms with E-state index in [0.717, 1.165) is 30.7 Å². The van der Waals surface area contributed by atoms with Gasteiger partial charge in [-0.25, -0.2) is 8.42 Å². The number of hydrogen-bond acceptors (Lipinski definition) is 5. The van der Waals surface area contributed by atoms with E-state index in [4.69, 9.17) is 5.26 Å². The number of sulfonamides is 1. The van der Waals surface area contributed by atoms with Gasteiger partial charge in [0, 0.05) is 19.1 Å². The monoisotopic (exact) mass is 325 g/mol. The van der Waals surface area contributed by atoms with E-state index in [2.05, 4.69) is 5.32 Å². The molecule has 2 saturated heterocycles. The van der Waals surface area contributed by atoms with Crippen molar-refractivity contribution in [2.24, 2.45) is 5.92 Å². The predicted molar refractivity (Wildman–Crippen MR) is 81.5 cm³/mol. The van der Waals surface area contributed by atoms with Crippen molar-refractivity contribution in [2.75, 3.05) is 19.6 Å². The smallest absolute Gasteiger partial charge is 0.252 e. The molecule has 1 atom stereocenters. The van der Waals surface area contributed by atoms with Gasteiger partial charge >= 0.3 is 0 Å². The second kappa shape index (κ2) is 6.05. The molecule has 114 valence electrons. The minimum atomic E-state index is -3.42. The van der Waals surface area contributed by atoms with Crippen molar-refractivity contribution in [3.05, 3.63) is 17.0 Å². The molecule has 1 unspecified atom stereocenters. The molecule has 3 heterocycles. The Morgan fingerprint density at radius 3 is 2.62 bits per heavy atom. The molecule has 2 fully saturated rings. The quantitative estimate of drug-likeness (QED) is 0.919. The van der Waals surface area contributed by atoms with Crippen LogP contribution in [0.3, 0.4) is 0 Å². The van der Waals surface area contributed by atoms with Crippen molar-refractivity contribution in [3.8, 4) is 6.07 Å². The summed E-state index contributed by atoms with van der Waals surface area (Å²) in [6, 6.07) is 5.69. The summed E-state index contributed by atoms with van der Waals surface area (Å²) in [6.07, 6.45) is 4.30. The number of nitrogens with zero attached hydrogens (tertiary/aromatic N) is 2. The minimum absolute atomic E-state index is 0.288. The van der Waals surface area contributed by atoms with Gasteiger partial charge in [-0.1, -0.05) is 0 Å². The van der Waals surface area contributed by atoms with Crippen molar-refractivity contribution in [1.82, 2.24) is 9.62 Å². The summed E-state index contributed by atoms with van der Waals surface area (Å²) >= 11 is 1.06. The molecular formula is C14H19N3O2S2. The number of nitrogens with one attached hydrogen (secondary N) is 1. The van der Waals surface area contributed by atoms with Gasteiger partial charge in [-0.15, -0.1) is 11.3 Å². The zero-order chi connectivity index (χ0) is 14.9. The highest BCUT2D eigenvalue weighted by Crippen LogP contribution is 2.30. The maximum atomic E-state index is 12.6. The third kappa shape index (κ3) is 2.99. The minimum Gasteiger partial charge on any atom is -0.314 e. The second-order valence-electron chi connectivity index (χ2n) is 5.67. The topological polar surface area (TPSA) is 73.2 Å². The van der Waals surface area contributed by atoms with Gasteiger partial charge in [-0.3, -0.25) is 0 Å². The summed E-state index contributed by atoms with van der Waals surface area (Å²) in [5, 5.41) is 12.3. The lowest BCUT2D eigenvalue weighted by molar-refractivity contribution is 0.234. The van der Waals surface area contributed by atoms with Crippen molar-refractivity contribution >= 4 is 21.4 Å². The first-order valence-corrected chi connectivity index (χ1v) is 9.60. The highest BCUT2D eigenvalue weighted by molar-refractivity contribution is 7.91. The molecule has 2 aliphatic heterocycles. The third-order valence-electron chi connectivity index (χ3n) is 4.45. The van der Waals surface area contributed by atoms with Crippen LogP contribution in [0.4, 0.5) is 0 Å². The molecular weight excluding hydrogens is 306 g/mol. The Morgan fingerprint density at radius 1 is 1.29 bits per heavy atom. The van der Waals surface area contributed by atoms with Crippen molar-refractivity contribution in [1.29, 1.82) is 5.26 Å². The summed E-state index contributed by atoms with van der Waals surface area (Å²) < 4.78 is 27.0. The fourth-order valence-electron chi connectivity index (χ4n) is 3.28. The first-order chi connectivity index (χ1) is 10.1. The lowest BCUT2D eigenvalue weighted by Crippen LogP contribution is -2.43. The summed E-state index contributed by atoms with van der Waals surface area (Å²) in [4.78, 5) is 0.443. The number of piperidine rings is 1. The van der Waals surface area contributed by atoms with E-state index in [9.17, 15) is 8.42 Å². The molecule has 0 radical (unpaired) electrons. The van der Waals surface area contributed by atoms with Crippen LogP contribution in [0.15, 0.2) is 16.3 Å². The van der Waals surface area contributed by atoms with Crippen LogP contribution >= 0.6 is 11.3 Å². The maximum absolute atomic E-state index is 12.6. The molecule has 1 aromatic heterocycles. The Kier molecular flexibility index (Phi) is 4.31. The molecule has 1 aromatic rings. The van der Waals surface area contributed by atoms with Gasteiger partial charge in [0.05, 0.1) is 0 Å². The van der Waals surface area contributed by atoms with Crippen LogP contribution < -0.4 is 5.32 Å². The molecule has 0 saturated carbocycles. The van der Waals surface area contributed by atoms with E-state index in [0.29, 0.717) is 29.9 Å². The molecule has 7 heteroatoms. The first kappa shape index (κ1) is 15.0. The Labute approximate surface area is 129 Å². The zero-order valence-corrected chi connectivity index (χ0v) is 13.4. The van der Waals surface area contributed by atoms with Gasteiger partial charge in [0.2, 0.25) is 0 Å². The number of rotatable bonds is 3. The fourth-order valence-corrected chi connectivity index (χ4v) is 6.01. The third-order valence-corrected chi connectivity index (χ3v) is 7.81. The average molecular weight is 325 g/mol. The normalized spacial score (nSPS) is 25.0. The van der Waals surface area contributed by atoms with Gasteiger partial charge < -0.3 is 5.32 Å². The molecule has 1 N–H and O–H groups in total. The van der Waals surface area contributed by atoms with Crippen molar-refractivity contribution in [3.63, 3.8) is 0 Å². The fraction of sp³-hybridized carbons (Fsp3) is 0.643. The largest absolute Gasteiger partial charge is 0.314 e. The summed E-state index contributed by atoms with van der Waals surface area (Å²) in [7, 11) is -3.42. The maximum Gasteiger partial charge on any atom is 0.252 e. The lowest BCUT2D eigenvalue weighted by Gasteiger charge is -2.33. The Hall–Kier alpha value is -0.940. The number of thiophene rings is 1. The predicted octanol–water partition coefficient (Wildman–Crippen LogP) is 1.77. The van der Waals surface area contributed by atoms with E-state index in [1.165, 1.54) is 12.8 Å². The molecule has 0 aromatic carbocycles. The van der Waals surface area contributed by atoms with E-state index in [1.54, 1.807) is 16.4 Å². The molecule has 21 heavy (non-hydrogen) atoms. The highest BCUT2D eigenvalue weighted by Gasteiger charge is 2.34. The van der Waals surface area contributed by atoms with Gasteiger partial charge in [0.25, 0.3) is 10.0 Å². The first-order valence-electron chi connectivity index (χ1n) is 7.35. The van der Waals surface area contributed by atoms with E-state index >= 15 is 0 Å². The van der Waals surface area contributed by atoms with E-state index in [1.807, 2.05) is 6.07 Å². The van der Waals surface area contributed by atoms with Crippen LogP contribution in [-0.4, -0.2) is 38.4 Å². The van der Waals surface area contributed by atoms with Gasteiger partial charge in [0.15, 0.2) is 0 Å². The standard InChI is InChI=1S/C14H19N3O2S2/c15-10-12-3-4-14(20-12)21(18,19)17-8-5-11(6-9-17)13-2-1-7-16-13/h3-4,11,13,16H,1-2,5-9H2. The van der Waals surface area contributed by atoms with E-state index in [-0.39, 0.29) is 4.21 Å². The molecule has 0 amide bonds. The number of hydrogen-bond donors (Lipinski definition) is 1. The number of nitriles is 1. The van der Waals surface area contributed by atoms with Crippen molar-refractivity contribution < 1.29 is 8.42 Å². The van der Waals surface area contributed by atoms with Crippen LogP contribution in [0.2, 0.25) is 0 Å². The van der Waals surface area contributed by atoms with Crippen LogP contribution in [0, 0.1) is 17.2 Å². The molecule has 5 nitrogen and oxygen atoms in total. The van der Waals surface area contributed by atoms with Crippen LogP contribution in [0.25, 0.3) is 0 Å². The van der Waals surface area contributed by atoms with Crippen LogP contribution in [-0.2, 0) is 10.0 Å². The summed E-state index contributed by atoms with van der Waals surface area (Å²) in [5.41, 5.74) is 0. The Bertz CT molecular complexity index is 633. The zero-order valence-electron chi connectivity index (χ0n) is 11.8. The molecule has 0 aliphatic carbocycles. The Balaban J connectivity index is 1.66. The van der Waals surface area contributed by atoms with E-state index < -0.39 is 10.0 Å². The molecule has 3 rings (SSSR count). The van der Waals surface area contributed by atoms with Crippen LogP contribution in [0.5, 0.6) is 0 Å². The Morgan fingerprint density at radius 2 is 2.05 bits per heavy atom. The second-order valence-corrected chi connectivity index (χ2v) is 8.92. The van der Waals surface area contributed by atoms with Gasteiger partial charge in [-0.05, 0) is 50.3 Å². The molecule has 0 spiro atoms. The SMILES string of the molecule is N#Cc1ccc(S(=O)(=O)N2CCC(C3CCCN3)CC2)s1. The molecule has 2 aliphatic rings. The summed E-state index contributed by atoms with van der Waals surface area (Å²) in [5.74, 6) is 0.594. The highest BCUT2D eigenvalue weighted by atomic mass is 32.2. The van der Waals surface area contributed by atoms with Gasteiger partial charge in [-0.2, -0.15) is 9.57 Å². The van der Waals surface area contributed by atoms with Crippen molar-refractivity contribution in [2.45, 2.75) is 35.9 Å². The summed E-state index contributed by atoms with van der Waals surface area (Å²) in [6.45, 7) is 2.27.